The fourth-order valence-electron chi connectivity index (χ4n) is 1.80. The molecule has 0 aliphatic heterocycles. The van der Waals surface area contributed by atoms with Gasteiger partial charge in [0.05, 0.1) is 12.2 Å². The Morgan fingerprint density at radius 1 is 1.50 bits per heavy atom. The van der Waals surface area contributed by atoms with Crippen LogP contribution in [0.4, 0.5) is 5.13 Å². The third-order valence-corrected chi connectivity index (χ3v) is 4.15. The molecule has 0 amide bonds. The van der Waals surface area contributed by atoms with Gasteiger partial charge in [-0.3, -0.25) is 0 Å². The van der Waals surface area contributed by atoms with Gasteiger partial charge >= 0.3 is 0 Å². The van der Waals surface area contributed by atoms with Crippen LogP contribution in [0.15, 0.2) is 12.4 Å². The summed E-state index contributed by atoms with van der Waals surface area (Å²) in [6, 6.07) is 0. The van der Waals surface area contributed by atoms with E-state index in [0.717, 1.165) is 29.6 Å². The Morgan fingerprint density at radius 3 is 2.78 bits per heavy atom. The molecule has 2 heterocycles. The average molecular weight is 265 g/mol. The van der Waals surface area contributed by atoms with Crippen LogP contribution in [-0.4, -0.2) is 21.6 Å². The highest BCUT2D eigenvalue weighted by atomic mass is 32.1. The van der Waals surface area contributed by atoms with E-state index >= 15 is 0 Å². The number of aryl methyl sites for hydroxylation is 2. The summed E-state index contributed by atoms with van der Waals surface area (Å²) in [5, 5.41) is 1.01. The summed E-state index contributed by atoms with van der Waals surface area (Å²) in [5.74, 6) is 1.03. The molecule has 98 valence electrons. The normalized spacial score (nSPS) is 10.9. The van der Waals surface area contributed by atoms with Crippen LogP contribution in [0.25, 0.3) is 0 Å². The standard InChI is InChI=1S/C12H19N5S/c1-4-9-10(7-13)18-12(15-9)17(3)8-11-14-5-6-16(11)2/h5-6H,4,7-8,13H2,1-3H3. The second kappa shape index (κ2) is 5.49. The van der Waals surface area contributed by atoms with Gasteiger partial charge < -0.3 is 15.2 Å². The second-order valence-electron chi connectivity index (χ2n) is 4.23. The maximum Gasteiger partial charge on any atom is 0.185 e. The number of aromatic nitrogens is 3. The third-order valence-electron chi connectivity index (χ3n) is 2.91. The average Bonchev–Trinajstić information content (AvgIpc) is 2.96. The van der Waals surface area contributed by atoms with E-state index in [1.54, 1.807) is 11.3 Å². The monoisotopic (exact) mass is 265 g/mol. The van der Waals surface area contributed by atoms with Crippen LogP contribution in [-0.2, 0) is 26.6 Å². The molecule has 2 N–H and O–H groups in total. The van der Waals surface area contributed by atoms with E-state index in [2.05, 4.69) is 21.8 Å². The summed E-state index contributed by atoms with van der Waals surface area (Å²) < 4.78 is 2.02. The first kappa shape index (κ1) is 13.0. The van der Waals surface area contributed by atoms with Crippen molar-refractivity contribution in [1.29, 1.82) is 0 Å². The van der Waals surface area contributed by atoms with Crippen molar-refractivity contribution in [2.45, 2.75) is 26.4 Å². The van der Waals surface area contributed by atoms with Gasteiger partial charge in [0.1, 0.15) is 5.82 Å². The van der Waals surface area contributed by atoms with Crippen LogP contribution in [0.5, 0.6) is 0 Å². The molecule has 2 aromatic rings. The molecule has 0 saturated heterocycles. The molecule has 0 spiro atoms. The van der Waals surface area contributed by atoms with E-state index in [4.69, 9.17) is 5.73 Å². The first-order chi connectivity index (χ1) is 8.65. The zero-order valence-corrected chi connectivity index (χ0v) is 11.9. The molecule has 0 aliphatic carbocycles. The first-order valence-electron chi connectivity index (χ1n) is 6.01. The molecule has 18 heavy (non-hydrogen) atoms. The molecule has 0 aliphatic rings. The molecule has 0 bridgehead atoms. The van der Waals surface area contributed by atoms with Crippen molar-refractivity contribution in [2.75, 3.05) is 11.9 Å². The van der Waals surface area contributed by atoms with Crippen LogP contribution >= 0.6 is 11.3 Å². The number of hydrogen-bond donors (Lipinski definition) is 1. The van der Waals surface area contributed by atoms with Crippen molar-refractivity contribution >= 4 is 16.5 Å². The minimum atomic E-state index is 0.567. The Bertz CT molecular complexity index is 495. The minimum Gasteiger partial charge on any atom is -0.344 e. The van der Waals surface area contributed by atoms with E-state index in [-0.39, 0.29) is 0 Å². The number of rotatable bonds is 5. The van der Waals surface area contributed by atoms with Gasteiger partial charge in [-0.1, -0.05) is 6.92 Å². The highest BCUT2D eigenvalue weighted by Gasteiger charge is 2.13. The number of thiazole rings is 1. The predicted octanol–water partition coefficient (Wildman–Crippen LogP) is 1.53. The van der Waals surface area contributed by atoms with Crippen molar-refractivity contribution in [3.63, 3.8) is 0 Å². The van der Waals surface area contributed by atoms with Gasteiger partial charge in [-0.05, 0) is 6.42 Å². The Kier molecular flexibility index (Phi) is 3.98. The zero-order chi connectivity index (χ0) is 13.1. The van der Waals surface area contributed by atoms with Crippen LogP contribution in [0.1, 0.15) is 23.3 Å². The lowest BCUT2D eigenvalue weighted by atomic mass is 10.3. The molecule has 0 radical (unpaired) electrons. The van der Waals surface area contributed by atoms with E-state index in [9.17, 15) is 0 Å². The van der Waals surface area contributed by atoms with Crippen molar-refractivity contribution in [3.8, 4) is 0 Å². The van der Waals surface area contributed by atoms with E-state index in [0.29, 0.717) is 6.54 Å². The predicted molar refractivity (Wildman–Crippen MR) is 74.7 cm³/mol. The van der Waals surface area contributed by atoms with Crippen molar-refractivity contribution < 1.29 is 0 Å². The maximum atomic E-state index is 5.74. The molecule has 2 aromatic heterocycles. The lowest BCUT2D eigenvalue weighted by Crippen LogP contribution is -2.18. The molecule has 6 heteroatoms. The summed E-state index contributed by atoms with van der Waals surface area (Å²) in [5.41, 5.74) is 6.85. The van der Waals surface area contributed by atoms with Crippen LogP contribution in [0, 0.1) is 0 Å². The second-order valence-corrected chi connectivity index (χ2v) is 5.30. The Hall–Kier alpha value is -1.40. The maximum absolute atomic E-state index is 5.74. The Labute approximate surface area is 111 Å². The number of imidazole rings is 1. The van der Waals surface area contributed by atoms with Gasteiger partial charge in [0.2, 0.25) is 0 Å². The molecular formula is C12H19N5S. The van der Waals surface area contributed by atoms with Crippen LogP contribution in [0.2, 0.25) is 0 Å². The summed E-state index contributed by atoms with van der Waals surface area (Å²) >= 11 is 1.67. The fraction of sp³-hybridized carbons (Fsp3) is 0.500. The number of hydrogen-bond acceptors (Lipinski definition) is 5. The van der Waals surface area contributed by atoms with Gasteiger partial charge in [-0.2, -0.15) is 0 Å². The summed E-state index contributed by atoms with van der Waals surface area (Å²) in [6.45, 7) is 3.43. The summed E-state index contributed by atoms with van der Waals surface area (Å²) in [4.78, 5) is 12.3. The SMILES string of the molecule is CCc1nc(N(C)Cc2nccn2C)sc1CN. The van der Waals surface area contributed by atoms with E-state index < -0.39 is 0 Å². The fourth-order valence-corrected chi connectivity index (χ4v) is 2.79. The molecule has 0 saturated carbocycles. The van der Waals surface area contributed by atoms with E-state index in [1.807, 2.05) is 31.1 Å². The molecule has 0 atom stereocenters. The summed E-state index contributed by atoms with van der Waals surface area (Å²) in [6.07, 6.45) is 4.70. The quantitative estimate of drug-likeness (QED) is 0.890. The van der Waals surface area contributed by atoms with Crippen molar-refractivity contribution in [1.82, 2.24) is 14.5 Å². The zero-order valence-electron chi connectivity index (χ0n) is 11.1. The van der Waals surface area contributed by atoms with Gasteiger partial charge in [0.25, 0.3) is 0 Å². The molecule has 2 rings (SSSR count). The highest BCUT2D eigenvalue weighted by Crippen LogP contribution is 2.26. The summed E-state index contributed by atoms with van der Waals surface area (Å²) in [7, 11) is 4.04. The van der Waals surface area contributed by atoms with Gasteiger partial charge in [0.15, 0.2) is 5.13 Å². The largest absolute Gasteiger partial charge is 0.344 e. The molecule has 0 fully saturated rings. The van der Waals surface area contributed by atoms with Gasteiger partial charge in [-0.15, -0.1) is 11.3 Å². The topological polar surface area (TPSA) is 60.0 Å². The smallest absolute Gasteiger partial charge is 0.185 e. The van der Waals surface area contributed by atoms with Crippen molar-refractivity contribution in [3.05, 3.63) is 28.8 Å². The number of nitrogens with zero attached hydrogens (tertiary/aromatic N) is 4. The van der Waals surface area contributed by atoms with Gasteiger partial charge in [-0.25, -0.2) is 9.97 Å². The van der Waals surface area contributed by atoms with Gasteiger partial charge in [0, 0.05) is 37.9 Å². The van der Waals surface area contributed by atoms with Crippen LogP contribution in [0.3, 0.4) is 0 Å². The molecular weight excluding hydrogens is 246 g/mol. The molecule has 5 nitrogen and oxygen atoms in total. The highest BCUT2D eigenvalue weighted by molar-refractivity contribution is 7.15. The number of nitrogens with two attached hydrogens (primary N) is 1. The van der Waals surface area contributed by atoms with E-state index in [1.165, 1.54) is 4.88 Å². The molecule has 0 unspecified atom stereocenters. The lowest BCUT2D eigenvalue weighted by Gasteiger charge is -2.15. The molecule has 0 aromatic carbocycles. The van der Waals surface area contributed by atoms with Crippen molar-refractivity contribution in [2.24, 2.45) is 12.8 Å². The van der Waals surface area contributed by atoms with Crippen LogP contribution < -0.4 is 10.6 Å². The third kappa shape index (κ3) is 2.54. The minimum absolute atomic E-state index is 0.567. The Morgan fingerprint density at radius 2 is 2.28 bits per heavy atom. The number of anilines is 1. The lowest BCUT2D eigenvalue weighted by molar-refractivity contribution is 0.758. The Balaban J connectivity index is 2.16. The first-order valence-corrected chi connectivity index (χ1v) is 6.83.